The number of likely N-dealkylation sites (N-methyl/N-ethyl adjacent to an activating group) is 1. The average Bonchev–Trinajstić information content (AvgIpc) is 2.88. The van der Waals surface area contributed by atoms with Gasteiger partial charge in [0.05, 0.1) is 23.0 Å². The molecule has 2 aliphatic rings. The van der Waals surface area contributed by atoms with Gasteiger partial charge >= 0.3 is 6.18 Å². The topological polar surface area (TPSA) is 56.8 Å². The van der Waals surface area contributed by atoms with Crippen LogP contribution in [0.2, 0.25) is 5.02 Å². The van der Waals surface area contributed by atoms with Crippen molar-refractivity contribution in [2.75, 3.05) is 37.6 Å². The van der Waals surface area contributed by atoms with Crippen molar-refractivity contribution in [3.8, 4) is 0 Å². The number of rotatable bonds is 3. The summed E-state index contributed by atoms with van der Waals surface area (Å²) in [5, 5.41) is -0.0578. The van der Waals surface area contributed by atoms with Crippen LogP contribution in [0.15, 0.2) is 12.3 Å². The first kappa shape index (κ1) is 18.9. The number of carbonyl (C=O) groups is 2. The van der Waals surface area contributed by atoms with Gasteiger partial charge in [-0.05, 0) is 13.0 Å². The molecule has 0 radical (unpaired) electrons. The molecule has 26 heavy (non-hydrogen) atoms. The Kier molecular flexibility index (Phi) is 5.12. The summed E-state index contributed by atoms with van der Waals surface area (Å²) >= 11 is 5.99. The second-order valence-corrected chi connectivity index (χ2v) is 6.65. The molecule has 3 heterocycles. The van der Waals surface area contributed by atoms with Crippen LogP contribution in [0.5, 0.6) is 0 Å². The summed E-state index contributed by atoms with van der Waals surface area (Å²) in [7, 11) is 0. The molecule has 0 unspecified atom stereocenters. The fourth-order valence-corrected chi connectivity index (χ4v) is 3.63. The summed E-state index contributed by atoms with van der Waals surface area (Å²) in [5.41, 5.74) is -0.889. The van der Waals surface area contributed by atoms with Gasteiger partial charge in [0.2, 0.25) is 11.8 Å². The van der Waals surface area contributed by atoms with E-state index in [2.05, 4.69) is 4.98 Å². The van der Waals surface area contributed by atoms with Crippen LogP contribution in [0.4, 0.5) is 19.0 Å². The molecule has 1 atom stereocenters. The molecule has 2 aliphatic heterocycles. The highest BCUT2D eigenvalue weighted by molar-refractivity contribution is 6.33. The van der Waals surface area contributed by atoms with E-state index in [1.54, 1.807) is 11.8 Å². The minimum absolute atomic E-state index is 0.0578. The summed E-state index contributed by atoms with van der Waals surface area (Å²) in [6.07, 6.45) is -3.55. The molecule has 0 spiro atoms. The molecule has 10 heteroatoms. The van der Waals surface area contributed by atoms with Gasteiger partial charge in [-0.3, -0.25) is 19.4 Å². The second-order valence-electron chi connectivity index (χ2n) is 6.25. The Hall–Kier alpha value is -1.87. The van der Waals surface area contributed by atoms with Crippen molar-refractivity contribution >= 4 is 29.2 Å². The number of piperazine rings is 1. The minimum atomic E-state index is -4.49. The lowest BCUT2D eigenvalue weighted by Crippen LogP contribution is -2.52. The molecule has 6 nitrogen and oxygen atoms in total. The highest BCUT2D eigenvalue weighted by Gasteiger charge is 2.42. The maximum atomic E-state index is 12.7. The number of pyridine rings is 1. The number of aromatic nitrogens is 1. The molecule has 0 bridgehead atoms. The third kappa shape index (κ3) is 3.50. The molecular formula is C16H18ClF3N4O2. The molecule has 1 aromatic rings. The standard InChI is InChI=1S/C16H18ClF3N4O2/c1-2-24-13(25)8-12(15(24)26)22-3-5-23(6-4-22)14-11(17)7-10(9-21-14)16(18,19)20/h7,9,12H,2-6,8H2,1H3/t12-/m0/s1. The monoisotopic (exact) mass is 390 g/mol. The molecule has 0 N–H and O–H groups in total. The van der Waals surface area contributed by atoms with Crippen molar-refractivity contribution < 1.29 is 22.8 Å². The Labute approximate surface area is 153 Å². The van der Waals surface area contributed by atoms with Crippen molar-refractivity contribution in [1.82, 2.24) is 14.8 Å². The molecule has 3 rings (SSSR count). The number of imide groups is 1. The molecule has 2 amide bonds. The van der Waals surface area contributed by atoms with Gasteiger partial charge in [0.25, 0.3) is 0 Å². The number of hydrogen-bond acceptors (Lipinski definition) is 5. The van der Waals surface area contributed by atoms with E-state index < -0.39 is 17.8 Å². The molecule has 0 saturated carbocycles. The lowest BCUT2D eigenvalue weighted by molar-refractivity contribution is -0.140. The maximum Gasteiger partial charge on any atom is 0.417 e. The van der Waals surface area contributed by atoms with E-state index in [4.69, 9.17) is 11.6 Å². The smallest absolute Gasteiger partial charge is 0.353 e. The van der Waals surface area contributed by atoms with Crippen LogP contribution in [0.25, 0.3) is 0 Å². The van der Waals surface area contributed by atoms with Crippen molar-refractivity contribution in [2.24, 2.45) is 0 Å². The number of halogens is 4. The van der Waals surface area contributed by atoms with Crippen molar-refractivity contribution in [1.29, 1.82) is 0 Å². The number of nitrogens with zero attached hydrogens (tertiary/aromatic N) is 4. The minimum Gasteiger partial charge on any atom is -0.353 e. The highest BCUT2D eigenvalue weighted by atomic mass is 35.5. The van der Waals surface area contributed by atoms with Gasteiger partial charge < -0.3 is 4.90 Å². The maximum absolute atomic E-state index is 12.7. The quantitative estimate of drug-likeness (QED) is 0.739. The van der Waals surface area contributed by atoms with Crippen LogP contribution in [0, 0.1) is 0 Å². The first-order valence-corrected chi connectivity index (χ1v) is 8.66. The van der Waals surface area contributed by atoms with E-state index in [9.17, 15) is 22.8 Å². The molecule has 2 saturated heterocycles. The Morgan fingerprint density at radius 1 is 1.23 bits per heavy atom. The van der Waals surface area contributed by atoms with Gasteiger partial charge in [-0.15, -0.1) is 0 Å². The molecule has 0 aliphatic carbocycles. The largest absolute Gasteiger partial charge is 0.417 e. The summed E-state index contributed by atoms with van der Waals surface area (Å²) in [4.78, 5) is 33.0. The zero-order chi connectivity index (χ0) is 19.1. The van der Waals surface area contributed by atoms with Gasteiger partial charge in [0, 0.05) is 38.9 Å². The first-order chi connectivity index (χ1) is 12.2. The summed E-state index contributed by atoms with van der Waals surface area (Å²) in [6, 6.07) is 0.412. The van der Waals surface area contributed by atoms with Crippen LogP contribution >= 0.6 is 11.6 Å². The summed E-state index contributed by atoms with van der Waals surface area (Å²) in [5.74, 6) is -0.0580. The first-order valence-electron chi connectivity index (χ1n) is 8.28. The molecule has 0 aromatic carbocycles. The van der Waals surface area contributed by atoms with E-state index >= 15 is 0 Å². The van der Waals surface area contributed by atoms with Gasteiger partial charge in [-0.1, -0.05) is 11.6 Å². The van der Waals surface area contributed by atoms with Crippen molar-refractivity contribution in [3.63, 3.8) is 0 Å². The van der Waals surface area contributed by atoms with Gasteiger partial charge in [-0.25, -0.2) is 4.98 Å². The van der Waals surface area contributed by atoms with E-state index in [0.717, 1.165) is 12.3 Å². The summed E-state index contributed by atoms with van der Waals surface area (Å²) < 4.78 is 38.1. The zero-order valence-corrected chi connectivity index (χ0v) is 14.8. The van der Waals surface area contributed by atoms with E-state index in [1.807, 2.05) is 4.90 Å². The van der Waals surface area contributed by atoms with Crippen molar-refractivity contribution in [2.45, 2.75) is 25.6 Å². The number of likely N-dealkylation sites (tertiary alicyclic amines) is 1. The second kappa shape index (κ2) is 7.03. The van der Waals surface area contributed by atoms with Crippen LogP contribution in [0.3, 0.4) is 0 Å². The van der Waals surface area contributed by atoms with Crippen molar-refractivity contribution in [3.05, 3.63) is 22.8 Å². The van der Waals surface area contributed by atoms with Gasteiger partial charge in [0.15, 0.2) is 0 Å². The number of amides is 2. The normalized spacial score (nSPS) is 22.4. The van der Waals surface area contributed by atoms with E-state index in [-0.39, 0.29) is 23.3 Å². The summed E-state index contributed by atoms with van der Waals surface area (Å²) in [6.45, 7) is 4.04. The van der Waals surface area contributed by atoms with Crippen LogP contribution in [0.1, 0.15) is 18.9 Å². The zero-order valence-electron chi connectivity index (χ0n) is 14.1. The van der Waals surface area contributed by atoms with Crippen LogP contribution in [-0.2, 0) is 15.8 Å². The van der Waals surface area contributed by atoms with Gasteiger partial charge in [0.1, 0.15) is 5.82 Å². The third-order valence-electron chi connectivity index (χ3n) is 4.74. The molecule has 142 valence electrons. The highest BCUT2D eigenvalue weighted by Crippen LogP contribution is 2.34. The SMILES string of the molecule is CCN1C(=O)C[C@H](N2CCN(c3ncc(C(F)(F)F)cc3Cl)CC2)C1=O. The number of anilines is 1. The Morgan fingerprint density at radius 2 is 1.88 bits per heavy atom. The number of hydrogen-bond donors (Lipinski definition) is 0. The van der Waals surface area contributed by atoms with Crippen LogP contribution in [-0.4, -0.2) is 65.4 Å². The number of carbonyl (C=O) groups excluding carboxylic acids is 2. The lowest BCUT2D eigenvalue weighted by atomic mass is 10.1. The lowest BCUT2D eigenvalue weighted by Gasteiger charge is -2.37. The van der Waals surface area contributed by atoms with E-state index in [1.165, 1.54) is 4.90 Å². The van der Waals surface area contributed by atoms with Gasteiger partial charge in [-0.2, -0.15) is 13.2 Å². The molecule has 2 fully saturated rings. The molecule has 1 aromatic heterocycles. The Balaban J connectivity index is 1.66. The van der Waals surface area contributed by atoms with Crippen LogP contribution < -0.4 is 4.90 Å². The third-order valence-corrected chi connectivity index (χ3v) is 5.02. The molecular weight excluding hydrogens is 373 g/mol. The Bertz CT molecular complexity index is 720. The number of alkyl halides is 3. The average molecular weight is 391 g/mol. The fraction of sp³-hybridized carbons (Fsp3) is 0.562. The predicted octanol–water partition coefficient (Wildman–Crippen LogP) is 2.02. The fourth-order valence-electron chi connectivity index (χ4n) is 3.35. The predicted molar refractivity (Wildman–Crippen MR) is 88.8 cm³/mol. The van der Waals surface area contributed by atoms with E-state index in [0.29, 0.717) is 38.5 Å². The Morgan fingerprint density at radius 3 is 2.38 bits per heavy atom.